The molecule has 2 unspecified atom stereocenters. The molecule has 1 aromatic carbocycles. The van der Waals surface area contributed by atoms with Crippen molar-refractivity contribution in [2.45, 2.75) is 25.7 Å². The molecule has 1 saturated heterocycles. The van der Waals surface area contributed by atoms with Crippen LogP contribution < -0.4 is 5.32 Å². The van der Waals surface area contributed by atoms with E-state index in [0.717, 1.165) is 5.56 Å². The standard InChI is InChI=1S/C13H13Cl2NO2/c1-2-8-9(6-12(17)16-13(8)18)10-5-7(14)3-4-11(10)15/h3-5,8-9H,2,6H2,1H3,(H,16,17,18). The SMILES string of the molecule is CCC1C(=O)NC(=O)CC1c1cc(Cl)ccc1Cl. The number of amides is 2. The third kappa shape index (κ3) is 2.52. The van der Waals surface area contributed by atoms with Gasteiger partial charge in [-0.3, -0.25) is 14.9 Å². The maximum absolute atomic E-state index is 11.8. The second-order valence-corrected chi connectivity index (χ2v) is 5.25. The lowest BCUT2D eigenvalue weighted by Gasteiger charge is -2.30. The molecule has 2 rings (SSSR count). The van der Waals surface area contributed by atoms with E-state index in [-0.39, 0.29) is 30.1 Å². The normalized spacial score (nSPS) is 23.9. The number of imide groups is 1. The summed E-state index contributed by atoms with van der Waals surface area (Å²) in [6.07, 6.45) is 0.928. The molecule has 1 fully saturated rings. The minimum Gasteiger partial charge on any atom is -0.296 e. The van der Waals surface area contributed by atoms with Crippen molar-refractivity contribution in [2.24, 2.45) is 5.92 Å². The molecule has 2 atom stereocenters. The first kappa shape index (κ1) is 13.4. The van der Waals surface area contributed by atoms with E-state index in [1.165, 1.54) is 0 Å². The van der Waals surface area contributed by atoms with Gasteiger partial charge in [0.1, 0.15) is 0 Å². The third-order valence-corrected chi connectivity index (χ3v) is 3.87. The molecule has 1 aromatic rings. The highest BCUT2D eigenvalue weighted by molar-refractivity contribution is 6.33. The Bertz CT molecular complexity index is 502. The summed E-state index contributed by atoms with van der Waals surface area (Å²) in [5.41, 5.74) is 0.777. The van der Waals surface area contributed by atoms with Crippen LogP contribution in [-0.2, 0) is 9.59 Å². The van der Waals surface area contributed by atoms with Gasteiger partial charge in [0.2, 0.25) is 11.8 Å². The molecule has 0 aromatic heterocycles. The predicted octanol–water partition coefficient (Wildman–Crippen LogP) is 3.15. The maximum Gasteiger partial charge on any atom is 0.230 e. The summed E-state index contributed by atoms with van der Waals surface area (Å²) in [5.74, 6) is -0.915. The van der Waals surface area contributed by atoms with Crippen LogP contribution in [0.5, 0.6) is 0 Å². The number of piperidine rings is 1. The van der Waals surface area contributed by atoms with Gasteiger partial charge in [-0.2, -0.15) is 0 Å². The zero-order valence-electron chi connectivity index (χ0n) is 9.87. The smallest absolute Gasteiger partial charge is 0.230 e. The van der Waals surface area contributed by atoms with E-state index in [2.05, 4.69) is 5.32 Å². The van der Waals surface area contributed by atoms with Crippen molar-refractivity contribution >= 4 is 35.0 Å². The van der Waals surface area contributed by atoms with Crippen LogP contribution in [0, 0.1) is 5.92 Å². The Morgan fingerprint density at radius 1 is 1.33 bits per heavy atom. The zero-order valence-corrected chi connectivity index (χ0v) is 11.4. The lowest BCUT2D eigenvalue weighted by molar-refractivity contribution is -0.137. The molecule has 1 heterocycles. The monoisotopic (exact) mass is 285 g/mol. The van der Waals surface area contributed by atoms with Crippen molar-refractivity contribution in [1.82, 2.24) is 5.32 Å². The fraction of sp³-hybridized carbons (Fsp3) is 0.385. The third-order valence-electron chi connectivity index (χ3n) is 3.29. The van der Waals surface area contributed by atoms with Crippen molar-refractivity contribution in [3.05, 3.63) is 33.8 Å². The van der Waals surface area contributed by atoms with Gasteiger partial charge < -0.3 is 0 Å². The van der Waals surface area contributed by atoms with Crippen LogP contribution >= 0.6 is 23.2 Å². The van der Waals surface area contributed by atoms with Gasteiger partial charge in [-0.25, -0.2) is 0 Å². The van der Waals surface area contributed by atoms with Crippen molar-refractivity contribution in [3.8, 4) is 0 Å². The molecule has 5 heteroatoms. The first-order chi connectivity index (χ1) is 8.52. The van der Waals surface area contributed by atoms with Gasteiger partial charge in [0, 0.05) is 28.3 Å². The quantitative estimate of drug-likeness (QED) is 0.849. The molecule has 0 radical (unpaired) electrons. The Morgan fingerprint density at radius 3 is 2.72 bits per heavy atom. The Kier molecular flexibility index (Phi) is 3.93. The summed E-state index contributed by atoms with van der Waals surface area (Å²) in [7, 11) is 0. The molecule has 96 valence electrons. The summed E-state index contributed by atoms with van der Waals surface area (Å²) in [6, 6.07) is 5.13. The van der Waals surface area contributed by atoms with Crippen LogP contribution in [0.25, 0.3) is 0 Å². The average Bonchev–Trinajstić information content (AvgIpc) is 2.31. The highest BCUT2D eigenvalue weighted by Crippen LogP contribution is 2.38. The number of benzene rings is 1. The molecule has 3 nitrogen and oxygen atoms in total. The maximum atomic E-state index is 11.8. The Morgan fingerprint density at radius 2 is 2.06 bits per heavy atom. The molecule has 0 saturated carbocycles. The van der Waals surface area contributed by atoms with E-state index in [9.17, 15) is 9.59 Å². The highest BCUT2D eigenvalue weighted by Gasteiger charge is 2.36. The summed E-state index contributed by atoms with van der Waals surface area (Å²) in [4.78, 5) is 23.3. The van der Waals surface area contributed by atoms with Crippen LogP contribution in [0.4, 0.5) is 0 Å². The molecule has 1 N–H and O–H groups in total. The first-order valence-electron chi connectivity index (χ1n) is 5.81. The molecule has 1 aliphatic heterocycles. The molecule has 1 aliphatic rings. The minimum atomic E-state index is -0.259. The molecule has 0 bridgehead atoms. The van der Waals surface area contributed by atoms with Crippen molar-refractivity contribution in [2.75, 3.05) is 0 Å². The number of hydrogen-bond acceptors (Lipinski definition) is 2. The first-order valence-corrected chi connectivity index (χ1v) is 6.57. The topological polar surface area (TPSA) is 46.2 Å². The van der Waals surface area contributed by atoms with Gasteiger partial charge in [-0.1, -0.05) is 30.1 Å². The van der Waals surface area contributed by atoms with E-state index >= 15 is 0 Å². The largest absolute Gasteiger partial charge is 0.296 e. The number of rotatable bonds is 2. The van der Waals surface area contributed by atoms with Crippen LogP contribution in [0.3, 0.4) is 0 Å². The van der Waals surface area contributed by atoms with Crippen LogP contribution in [-0.4, -0.2) is 11.8 Å². The fourth-order valence-corrected chi connectivity index (χ4v) is 2.84. The van der Waals surface area contributed by atoms with E-state index in [4.69, 9.17) is 23.2 Å². The van der Waals surface area contributed by atoms with Crippen LogP contribution in [0.1, 0.15) is 31.2 Å². The van der Waals surface area contributed by atoms with Gasteiger partial charge >= 0.3 is 0 Å². The van der Waals surface area contributed by atoms with Crippen LogP contribution in [0.15, 0.2) is 18.2 Å². The summed E-state index contributed by atoms with van der Waals surface area (Å²) in [6.45, 7) is 1.92. The van der Waals surface area contributed by atoms with Gasteiger partial charge in [0.15, 0.2) is 0 Å². The second-order valence-electron chi connectivity index (χ2n) is 4.40. The molecule has 18 heavy (non-hydrogen) atoms. The molecule has 0 spiro atoms. The van der Waals surface area contributed by atoms with Gasteiger partial charge in [0.25, 0.3) is 0 Å². The molecule has 2 amide bonds. The lowest BCUT2D eigenvalue weighted by atomic mass is 9.79. The summed E-state index contributed by atoms with van der Waals surface area (Å²) < 4.78 is 0. The summed E-state index contributed by atoms with van der Waals surface area (Å²) in [5, 5.41) is 3.46. The van der Waals surface area contributed by atoms with E-state index < -0.39 is 0 Å². The van der Waals surface area contributed by atoms with Crippen molar-refractivity contribution in [1.29, 1.82) is 0 Å². The Balaban J connectivity index is 2.42. The van der Waals surface area contributed by atoms with Crippen molar-refractivity contribution in [3.63, 3.8) is 0 Å². The Labute approximate surface area is 115 Å². The van der Waals surface area contributed by atoms with E-state index in [0.29, 0.717) is 16.5 Å². The van der Waals surface area contributed by atoms with Gasteiger partial charge in [0.05, 0.1) is 0 Å². The number of nitrogens with one attached hydrogen (secondary N) is 1. The average molecular weight is 286 g/mol. The second kappa shape index (κ2) is 5.29. The molecule has 0 aliphatic carbocycles. The molecular formula is C13H13Cl2NO2. The van der Waals surface area contributed by atoms with Crippen molar-refractivity contribution < 1.29 is 9.59 Å². The lowest BCUT2D eigenvalue weighted by Crippen LogP contribution is -2.44. The number of halogens is 2. The van der Waals surface area contributed by atoms with Crippen LogP contribution in [0.2, 0.25) is 10.0 Å². The summed E-state index contributed by atoms with van der Waals surface area (Å²) >= 11 is 12.1. The zero-order chi connectivity index (χ0) is 13.3. The minimum absolute atomic E-state index is 0.192. The predicted molar refractivity (Wildman–Crippen MR) is 70.8 cm³/mol. The molecular weight excluding hydrogens is 273 g/mol. The number of carbonyl (C=O) groups is 2. The van der Waals surface area contributed by atoms with E-state index in [1.54, 1.807) is 18.2 Å². The highest BCUT2D eigenvalue weighted by atomic mass is 35.5. The fourth-order valence-electron chi connectivity index (χ4n) is 2.40. The number of carbonyl (C=O) groups excluding carboxylic acids is 2. The Hall–Kier alpha value is -1.06. The van der Waals surface area contributed by atoms with Gasteiger partial charge in [-0.05, 0) is 30.2 Å². The number of hydrogen-bond donors (Lipinski definition) is 1. The van der Waals surface area contributed by atoms with Gasteiger partial charge in [-0.15, -0.1) is 0 Å². The van der Waals surface area contributed by atoms with E-state index in [1.807, 2.05) is 6.92 Å².